The van der Waals surface area contributed by atoms with E-state index in [4.69, 9.17) is 0 Å². The second kappa shape index (κ2) is 5.88. The number of nitrogens with zero attached hydrogens (tertiary/aromatic N) is 1. The predicted molar refractivity (Wildman–Crippen MR) is 86.1 cm³/mol. The Morgan fingerprint density at radius 1 is 1.33 bits per heavy atom. The van der Waals surface area contributed by atoms with E-state index in [-0.39, 0.29) is 11.3 Å². The van der Waals surface area contributed by atoms with Crippen molar-refractivity contribution in [2.75, 3.05) is 0 Å². The van der Waals surface area contributed by atoms with E-state index in [9.17, 15) is 4.79 Å². The zero-order valence-corrected chi connectivity index (χ0v) is 13.6. The normalized spacial score (nSPS) is 12.1. The van der Waals surface area contributed by atoms with E-state index in [1.165, 1.54) is 0 Å². The maximum Gasteiger partial charge on any atom is 0.220 e. The summed E-state index contributed by atoms with van der Waals surface area (Å²) < 4.78 is 0. The zero-order valence-electron chi connectivity index (χ0n) is 13.6. The molecule has 21 heavy (non-hydrogen) atoms. The maximum atomic E-state index is 11.9. The minimum Gasteiger partial charge on any atom is -0.352 e. The van der Waals surface area contributed by atoms with Crippen LogP contribution in [0.2, 0.25) is 0 Å². The summed E-state index contributed by atoms with van der Waals surface area (Å²) in [7, 11) is 0. The molecule has 2 N–H and O–H groups in total. The number of benzene rings is 1. The first kappa shape index (κ1) is 15.5. The molecule has 2 rings (SSSR count). The van der Waals surface area contributed by atoms with Crippen LogP contribution in [0.1, 0.15) is 58.3 Å². The third-order valence-corrected chi connectivity index (χ3v) is 3.29. The van der Waals surface area contributed by atoms with E-state index in [1.807, 2.05) is 12.1 Å². The molecule has 1 amide bonds. The number of rotatable bonds is 4. The Bertz CT molecular complexity index is 635. The highest BCUT2D eigenvalue weighted by Crippen LogP contribution is 2.19. The minimum absolute atomic E-state index is 0.0174. The van der Waals surface area contributed by atoms with Gasteiger partial charge in [-0.3, -0.25) is 4.79 Å². The number of amides is 1. The van der Waals surface area contributed by atoms with Crippen LogP contribution in [0.3, 0.4) is 0 Å². The zero-order chi connectivity index (χ0) is 15.6. The molecule has 0 radical (unpaired) electrons. The lowest BCUT2D eigenvalue weighted by Gasteiger charge is -2.17. The molecule has 0 saturated carbocycles. The number of hydrogen-bond donors (Lipinski definition) is 2. The van der Waals surface area contributed by atoms with Gasteiger partial charge in [-0.25, -0.2) is 4.98 Å². The molecule has 4 heteroatoms. The molecule has 0 saturated heterocycles. The molecule has 0 spiro atoms. The monoisotopic (exact) mass is 287 g/mol. The molecule has 1 aromatic heterocycles. The van der Waals surface area contributed by atoms with Gasteiger partial charge >= 0.3 is 0 Å². The first-order valence-electron chi connectivity index (χ1n) is 7.50. The summed E-state index contributed by atoms with van der Waals surface area (Å²) >= 11 is 0. The lowest BCUT2D eigenvalue weighted by atomic mass is 9.92. The van der Waals surface area contributed by atoms with Gasteiger partial charge in [0.05, 0.1) is 11.0 Å². The third kappa shape index (κ3) is 4.31. The van der Waals surface area contributed by atoms with Crippen LogP contribution < -0.4 is 5.32 Å². The number of fused-ring (bicyclic) bond motifs is 1. The Balaban J connectivity index is 2.04. The van der Waals surface area contributed by atoms with Crippen molar-refractivity contribution in [3.05, 3.63) is 29.6 Å². The molecule has 0 aliphatic heterocycles. The first-order valence-corrected chi connectivity index (χ1v) is 7.50. The van der Waals surface area contributed by atoms with Crippen molar-refractivity contribution in [1.82, 2.24) is 15.3 Å². The standard InChI is InChI=1S/C17H25N3O/c1-11(2)16-19-13-7-6-12(8-14(13)20-16)10-18-15(21)9-17(3,4)5/h6-8,11H,9-10H2,1-5H3,(H,18,21)(H,19,20). The minimum atomic E-state index is 0.0174. The summed E-state index contributed by atoms with van der Waals surface area (Å²) in [4.78, 5) is 19.7. The van der Waals surface area contributed by atoms with Crippen LogP contribution in [0.25, 0.3) is 11.0 Å². The van der Waals surface area contributed by atoms with Gasteiger partial charge in [-0.15, -0.1) is 0 Å². The van der Waals surface area contributed by atoms with E-state index < -0.39 is 0 Å². The summed E-state index contributed by atoms with van der Waals surface area (Å²) in [5.74, 6) is 1.47. The van der Waals surface area contributed by atoms with Crippen LogP contribution >= 0.6 is 0 Å². The van der Waals surface area contributed by atoms with Crippen molar-refractivity contribution in [2.45, 2.75) is 53.5 Å². The van der Waals surface area contributed by atoms with E-state index in [2.05, 4.69) is 56.0 Å². The molecule has 0 atom stereocenters. The number of H-pyrrole nitrogens is 1. The molecule has 0 unspecified atom stereocenters. The molecule has 2 aromatic rings. The Morgan fingerprint density at radius 2 is 2.05 bits per heavy atom. The second-order valence-electron chi connectivity index (χ2n) is 7.14. The van der Waals surface area contributed by atoms with E-state index in [0.717, 1.165) is 22.4 Å². The highest BCUT2D eigenvalue weighted by atomic mass is 16.1. The summed E-state index contributed by atoms with van der Waals surface area (Å²) in [5.41, 5.74) is 3.11. The maximum absolute atomic E-state index is 11.9. The molecule has 0 aliphatic rings. The van der Waals surface area contributed by atoms with Crippen LogP contribution in [0, 0.1) is 5.41 Å². The SMILES string of the molecule is CC(C)c1nc2ccc(CNC(=O)CC(C)(C)C)cc2[nH]1. The number of aromatic amines is 1. The summed E-state index contributed by atoms with van der Waals surface area (Å²) in [5, 5.41) is 2.98. The Labute approximate surface area is 126 Å². The topological polar surface area (TPSA) is 57.8 Å². The van der Waals surface area contributed by atoms with Crippen LogP contribution in [0.15, 0.2) is 18.2 Å². The number of carbonyl (C=O) groups is 1. The van der Waals surface area contributed by atoms with Crippen LogP contribution in [0.4, 0.5) is 0 Å². The Hall–Kier alpha value is -1.84. The highest BCUT2D eigenvalue weighted by Gasteiger charge is 2.15. The molecule has 0 bridgehead atoms. The van der Waals surface area contributed by atoms with Gasteiger partial charge in [0.1, 0.15) is 5.82 Å². The Morgan fingerprint density at radius 3 is 2.67 bits per heavy atom. The van der Waals surface area contributed by atoms with Crippen molar-refractivity contribution >= 4 is 16.9 Å². The number of carbonyl (C=O) groups excluding carboxylic acids is 1. The van der Waals surface area contributed by atoms with Gasteiger partial charge in [-0.05, 0) is 23.1 Å². The van der Waals surface area contributed by atoms with Gasteiger partial charge in [0, 0.05) is 18.9 Å². The lowest BCUT2D eigenvalue weighted by molar-refractivity contribution is -0.122. The molecule has 1 heterocycles. The van der Waals surface area contributed by atoms with Crippen molar-refractivity contribution in [3.63, 3.8) is 0 Å². The van der Waals surface area contributed by atoms with Gasteiger partial charge < -0.3 is 10.3 Å². The average molecular weight is 287 g/mol. The summed E-state index contributed by atoms with van der Waals surface area (Å²) in [6, 6.07) is 6.08. The van der Waals surface area contributed by atoms with Gasteiger partial charge in [0.15, 0.2) is 0 Å². The van der Waals surface area contributed by atoms with Gasteiger partial charge in [0.2, 0.25) is 5.91 Å². The lowest BCUT2D eigenvalue weighted by Crippen LogP contribution is -2.27. The molecule has 0 fully saturated rings. The fourth-order valence-electron chi connectivity index (χ4n) is 2.20. The quantitative estimate of drug-likeness (QED) is 0.900. The van der Waals surface area contributed by atoms with E-state index >= 15 is 0 Å². The van der Waals surface area contributed by atoms with Crippen molar-refractivity contribution in [1.29, 1.82) is 0 Å². The smallest absolute Gasteiger partial charge is 0.220 e. The largest absolute Gasteiger partial charge is 0.352 e. The molecular formula is C17H25N3O. The van der Waals surface area contributed by atoms with Crippen LogP contribution in [-0.4, -0.2) is 15.9 Å². The fraction of sp³-hybridized carbons (Fsp3) is 0.529. The summed E-state index contributed by atoms with van der Waals surface area (Å²) in [6.45, 7) is 11.0. The molecule has 0 aliphatic carbocycles. The first-order chi connectivity index (χ1) is 9.74. The molecule has 1 aromatic carbocycles. The average Bonchev–Trinajstić information content (AvgIpc) is 2.77. The van der Waals surface area contributed by atoms with Crippen molar-refractivity contribution in [2.24, 2.45) is 5.41 Å². The fourth-order valence-corrected chi connectivity index (χ4v) is 2.20. The predicted octanol–water partition coefficient (Wildman–Crippen LogP) is 3.74. The van der Waals surface area contributed by atoms with E-state index in [1.54, 1.807) is 0 Å². The molecular weight excluding hydrogens is 262 g/mol. The van der Waals surface area contributed by atoms with Gasteiger partial charge in [-0.2, -0.15) is 0 Å². The highest BCUT2D eigenvalue weighted by molar-refractivity contribution is 5.78. The van der Waals surface area contributed by atoms with Gasteiger partial charge in [0.25, 0.3) is 0 Å². The number of hydrogen-bond acceptors (Lipinski definition) is 2. The van der Waals surface area contributed by atoms with Crippen LogP contribution in [0.5, 0.6) is 0 Å². The number of nitrogens with one attached hydrogen (secondary N) is 2. The van der Waals surface area contributed by atoms with Crippen LogP contribution in [-0.2, 0) is 11.3 Å². The van der Waals surface area contributed by atoms with Crippen molar-refractivity contribution in [3.8, 4) is 0 Å². The van der Waals surface area contributed by atoms with E-state index in [0.29, 0.717) is 18.9 Å². The van der Waals surface area contributed by atoms with Gasteiger partial charge in [-0.1, -0.05) is 40.7 Å². The number of imidazole rings is 1. The molecule has 4 nitrogen and oxygen atoms in total. The summed E-state index contributed by atoms with van der Waals surface area (Å²) in [6.07, 6.45) is 0.538. The second-order valence-corrected chi connectivity index (χ2v) is 7.14. The Kier molecular flexibility index (Phi) is 4.35. The number of aromatic nitrogens is 2. The third-order valence-electron chi connectivity index (χ3n) is 3.29. The van der Waals surface area contributed by atoms with Crippen molar-refractivity contribution < 1.29 is 4.79 Å². The molecule has 114 valence electrons.